The number of para-hydroxylation sites is 1. The SMILES string of the molecule is CC(=O)SC1CC(=O)N(c2c(Br)cccc2[N+](=O)[O-])C1. The average molecular weight is 359 g/mol. The lowest BCUT2D eigenvalue weighted by molar-refractivity contribution is -0.384. The van der Waals surface area contributed by atoms with E-state index in [1.54, 1.807) is 12.1 Å². The molecule has 0 N–H and O–H groups in total. The second-order valence-electron chi connectivity index (χ2n) is 4.30. The summed E-state index contributed by atoms with van der Waals surface area (Å²) < 4.78 is 0.494. The predicted octanol–water partition coefficient (Wildman–Crippen LogP) is 2.74. The monoisotopic (exact) mass is 358 g/mol. The normalized spacial score (nSPS) is 18.4. The fourth-order valence-electron chi connectivity index (χ4n) is 2.12. The minimum Gasteiger partial charge on any atom is -0.304 e. The van der Waals surface area contributed by atoms with Gasteiger partial charge in [-0.15, -0.1) is 0 Å². The number of nitro groups is 1. The van der Waals surface area contributed by atoms with Crippen molar-refractivity contribution in [1.82, 2.24) is 0 Å². The highest BCUT2D eigenvalue weighted by atomic mass is 79.9. The number of hydrogen-bond donors (Lipinski definition) is 0. The maximum absolute atomic E-state index is 12.1. The summed E-state index contributed by atoms with van der Waals surface area (Å²) in [6.07, 6.45) is 0.211. The molecule has 1 aliphatic rings. The van der Waals surface area contributed by atoms with Crippen molar-refractivity contribution in [2.45, 2.75) is 18.6 Å². The smallest absolute Gasteiger partial charge is 0.294 e. The van der Waals surface area contributed by atoms with E-state index >= 15 is 0 Å². The van der Waals surface area contributed by atoms with Crippen LogP contribution in [0.15, 0.2) is 22.7 Å². The summed E-state index contributed by atoms with van der Waals surface area (Å²) in [5.41, 5.74) is 0.135. The number of benzene rings is 1. The molecule has 0 saturated carbocycles. The summed E-state index contributed by atoms with van der Waals surface area (Å²) in [7, 11) is 0. The van der Waals surface area contributed by atoms with Crippen molar-refractivity contribution in [3.63, 3.8) is 0 Å². The average Bonchev–Trinajstić information content (AvgIpc) is 2.68. The second kappa shape index (κ2) is 5.92. The van der Waals surface area contributed by atoms with Crippen molar-refractivity contribution >= 4 is 50.1 Å². The molecule has 1 unspecified atom stereocenters. The first-order valence-corrected chi connectivity index (χ1v) is 7.48. The lowest BCUT2D eigenvalue weighted by Gasteiger charge is -2.17. The zero-order chi connectivity index (χ0) is 14.9. The fraction of sp³-hybridized carbons (Fsp3) is 0.333. The molecular formula is C12H11BrN2O4S. The van der Waals surface area contributed by atoms with Gasteiger partial charge in [0.2, 0.25) is 5.91 Å². The van der Waals surface area contributed by atoms with E-state index in [2.05, 4.69) is 15.9 Å². The number of nitro benzene ring substituents is 1. The van der Waals surface area contributed by atoms with Crippen LogP contribution in [0.4, 0.5) is 11.4 Å². The van der Waals surface area contributed by atoms with Crippen LogP contribution in [-0.4, -0.2) is 27.7 Å². The van der Waals surface area contributed by atoms with Crippen LogP contribution in [0.2, 0.25) is 0 Å². The maximum Gasteiger partial charge on any atom is 0.294 e. The quantitative estimate of drug-likeness (QED) is 0.612. The molecule has 1 fully saturated rings. The standard InChI is InChI=1S/C12H11BrN2O4S/c1-7(16)20-8-5-11(17)14(6-8)12-9(13)3-2-4-10(12)15(18)19/h2-4,8H,5-6H2,1H3. The minimum absolute atomic E-state index is 0.0636. The van der Waals surface area contributed by atoms with Gasteiger partial charge in [0.05, 0.1) is 4.92 Å². The molecule has 2 rings (SSSR count). The summed E-state index contributed by atoms with van der Waals surface area (Å²) in [6, 6.07) is 4.56. The van der Waals surface area contributed by atoms with Gasteiger partial charge in [-0.3, -0.25) is 19.7 Å². The first-order chi connectivity index (χ1) is 9.40. The van der Waals surface area contributed by atoms with Gasteiger partial charge in [0.1, 0.15) is 5.69 Å². The van der Waals surface area contributed by atoms with Crippen LogP contribution in [0.5, 0.6) is 0 Å². The summed E-state index contributed by atoms with van der Waals surface area (Å²) in [4.78, 5) is 35.1. The third-order valence-electron chi connectivity index (χ3n) is 2.85. The third kappa shape index (κ3) is 3.01. The molecular weight excluding hydrogens is 348 g/mol. The summed E-state index contributed by atoms with van der Waals surface area (Å²) in [5, 5.41) is 10.9. The molecule has 1 aromatic rings. The maximum atomic E-state index is 12.1. The van der Waals surface area contributed by atoms with Gasteiger partial charge in [0.15, 0.2) is 5.12 Å². The Kier molecular flexibility index (Phi) is 4.44. The summed E-state index contributed by atoms with van der Waals surface area (Å²) >= 11 is 4.35. The largest absolute Gasteiger partial charge is 0.304 e. The van der Waals surface area contributed by atoms with Crippen LogP contribution in [0.3, 0.4) is 0 Å². The number of halogens is 1. The Morgan fingerprint density at radius 2 is 2.25 bits per heavy atom. The molecule has 6 nitrogen and oxygen atoms in total. The number of carbonyl (C=O) groups excluding carboxylic acids is 2. The Morgan fingerprint density at radius 3 is 2.85 bits per heavy atom. The van der Waals surface area contributed by atoms with Crippen molar-refractivity contribution in [3.05, 3.63) is 32.8 Å². The second-order valence-corrected chi connectivity index (χ2v) is 6.64. The molecule has 0 spiro atoms. The molecule has 1 aromatic carbocycles. The van der Waals surface area contributed by atoms with Gasteiger partial charge < -0.3 is 4.90 Å². The molecule has 1 atom stereocenters. The number of amides is 1. The molecule has 1 saturated heterocycles. The molecule has 106 valence electrons. The Balaban J connectivity index is 2.35. The number of rotatable bonds is 3. The molecule has 0 bridgehead atoms. The molecule has 1 aliphatic heterocycles. The summed E-state index contributed by atoms with van der Waals surface area (Å²) in [6.45, 7) is 1.74. The van der Waals surface area contributed by atoms with E-state index in [0.717, 1.165) is 11.8 Å². The summed E-state index contributed by atoms with van der Waals surface area (Å²) in [5.74, 6) is -0.209. The van der Waals surface area contributed by atoms with Crippen molar-refractivity contribution in [1.29, 1.82) is 0 Å². The van der Waals surface area contributed by atoms with Gasteiger partial charge in [-0.1, -0.05) is 17.8 Å². The molecule has 20 heavy (non-hydrogen) atoms. The Morgan fingerprint density at radius 1 is 1.55 bits per heavy atom. The van der Waals surface area contributed by atoms with Gasteiger partial charge >= 0.3 is 0 Å². The highest BCUT2D eigenvalue weighted by molar-refractivity contribution is 9.10. The van der Waals surface area contributed by atoms with Crippen LogP contribution in [0.25, 0.3) is 0 Å². The minimum atomic E-state index is -0.515. The van der Waals surface area contributed by atoms with Crippen molar-refractivity contribution < 1.29 is 14.5 Å². The van der Waals surface area contributed by atoms with Gasteiger partial charge in [-0.25, -0.2) is 0 Å². The number of carbonyl (C=O) groups is 2. The highest BCUT2D eigenvalue weighted by Gasteiger charge is 2.36. The van der Waals surface area contributed by atoms with Crippen LogP contribution < -0.4 is 4.90 Å². The first-order valence-electron chi connectivity index (χ1n) is 5.80. The molecule has 0 aliphatic carbocycles. The first kappa shape index (κ1) is 15.0. The molecule has 1 amide bonds. The van der Waals surface area contributed by atoms with Gasteiger partial charge in [-0.2, -0.15) is 0 Å². The van der Waals surface area contributed by atoms with E-state index in [4.69, 9.17) is 0 Å². The van der Waals surface area contributed by atoms with Crippen molar-refractivity contribution in [2.75, 3.05) is 11.4 Å². The predicted molar refractivity (Wildman–Crippen MR) is 79.8 cm³/mol. The molecule has 0 radical (unpaired) electrons. The Bertz CT molecular complexity index is 593. The lowest BCUT2D eigenvalue weighted by Crippen LogP contribution is -2.26. The molecule has 0 aromatic heterocycles. The van der Waals surface area contributed by atoms with E-state index in [9.17, 15) is 19.7 Å². The highest BCUT2D eigenvalue weighted by Crippen LogP contribution is 2.39. The van der Waals surface area contributed by atoms with Gasteiger partial charge in [0.25, 0.3) is 5.69 Å². The zero-order valence-corrected chi connectivity index (χ0v) is 12.9. The van der Waals surface area contributed by atoms with Crippen LogP contribution >= 0.6 is 27.7 Å². The fourth-order valence-corrected chi connectivity index (χ4v) is 3.61. The lowest BCUT2D eigenvalue weighted by atomic mass is 10.2. The van der Waals surface area contributed by atoms with Crippen LogP contribution in [0.1, 0.15) is 13.3 Å². The number of nitrogens with zero attached hydrogens (tertiary/aromatic N) is 2. The number of thioether (sulfide) groups is 1. The van der Waals surface area contributed by atoms with E-state index < -0.39 is 4.92 Å². The van der Waals surface area contributed by atoms with Crippen LogP contribution in [-0.2, 0) is 9.59 Å². The van der Waals surface area contributed by atoms with E-state index in [-0.39, 0.29) is 34.1 Å². The number of hydrogen-bond acceptors (Lipinski definition) is 5. The van der Waals surface area contributed by atoms with Crippen molar-refractivity contribution in [3.8, 4) is 0 Å². The van der Waals surface area contributed by atoms with E-state index in [0.29, 0.717) is 11.0 Å². The van der Waals surface area contributed by atoms with Gasteiger partial charge in [0, 0.05) is 35.7 Å². The van der Waals surface area contributed by atoms with Gasteiger partial charge in [-0.05, 0) is 22.0 Å². The molecule has 8 heteroatoms. The number of anilines is 1. The Hall–Kier alpha value is -1.41. The zero-order valence-electron chi connectivity index (χ0n) is 10.5. The topological polar surface area (TPSA) is 80.5 Å². The van der Waals surface area contributed by atoms with E-state index in [1.807, 2.05) is 0 Å². The van der Waals surface area contributed by atoms with E-state index in [1.165, 1.54) is 17.9 Å². The Labute approximate surface area is 127 Å². The van der Waals surface area contributed by atoms with Crippen LogP contribution in [0, 0.1) is 10.1 Å². The van der Waals surface area contributed by atoms with Crippen molar-refractivity contribution in [2.24, 2.45) is 0 Å². The third-order valence-corrected chi connectivity index (χ3v) is 4.48. The molecule has 1 heterocycles.